The van der Waals surface area contributed by atoms with Gasteiger partial charge in [0.15, 0.2) is 5.09 Å². The molecule has 2 unspecified atom stereocenters. The molecule has 6 heteroatoms. The van der Waals surface area contributed by atoms with Gasteiger partial charge in [-0.15, -0.1) is 0 Å². The molecule has 5 rings (SSSR count). The van der Waals surface area contributed by atoms with Crippen LogP contribution in [-0.2, 0) is 36.9 Å². The van der Waals surface area contributed by atoms with Gasteiger partial charge in [-0.25, -0.2) is 0 Å². The Morgan fingerprint density at radius 1 is 1.17 bits per heavy atom. The maximum atomic E-state index is 10.3. The summed E-state index contributed by atoms with van der Waals surface area (Å²) in [6.45, 7) is 3.48. The minimum absolute atomic E-state index is 0.333. The second-order valence-electron chi connectivity index (χ2n) is 8.55. The van der Waals surface area contributed by atoms with E-state index in [1.807, 2.05) is 6.07 Å². The standard InChI is InChI=1S/C21H25NO2S.C2H5NO/c1-12-8-18(23)17-11-20(24-19(17)9-12)25-22-21-15-6-2-4-13(15)10-14-5-3-7-16(14)21;1-2(3)4/h10-12,18,22-23H,2-9H2,1H3;1H3,(H2,3,4). The second kappa shape index (κ2) is 8.44. The molecule has 1 aromatic heterocycles. The molecule has 0 spiro atoms. The molecule has 0 aliphatic heterocycles. The Hall–Kier alpha value is -1.92. The van der Waals surface area contributed by atoms with Gasteiger partial charge in [0, 0.05) is 30.9 Å². The average Bonchev–Trinajstić information content (AvgIpc) is 3.36. The number of rotatable bonds is 3. The van der Waals surface area contributed by atoms with E-state index < -0.39 is 0 Å². The van der Waals surface area contributed by atoms with Gasteiger partial charge in [-0.1, -0.05) is 13.0 Å². The number of aryl methyl sites for hydroxylation is 2. The van der Waals surface area contributed by atoms with E-state index in [0.29, 0.717) is 5.92 Å². The number of carbonyl (C=O) groups is 1. The Balaban J connectivity index is 0.000000472. The van der Waals surface area contributed by atoms with Gasteiger partial charge >= 0.3 is 0 Å². The highest BCUT2D eigenvalue weighted by atomic mass is 32.2. The van der Waals surface area contributed by atoms with E-state index >= 15 is 0 Å². The molecule has 2 atom stereocenters. The number of anilines is 1. The number of aliphatic hydroxyl groups excluding tert-OH is 1. The predicted octanol–water partition coefficient (Wildman–Crippen LogP) is 4.48. The molecule has 156 valence electrons. The third-order valence-electron chi connectivity index (χ3n) is 6.06. The lowest BCUT2D eigenvalue weighted by atomic mass is 9.88. The Labute approximate surface area is 176 Å². The molecule has 0 fully saturated rings. The van der Waals surface area contributed by atoms with E-state index in [4.69, 9.17) is 4.42 Å². The fourth-order valence-corrected chi connectivity index (χ4v) is 5.64. The zero-order valence-corrected chi connectivity index (χ0v) is 18.0. The van der Waals surface area contributed by atoms with E-state index in [0.717, 1.165) is 29.3 Å². The Morgan fingerprint density at radius 3 is 2.41 bits per heavy atom. The number of benzene rings is 1. The van der Waals surface area contributed by atoms with Crippen LogP contribution in [0.2, 0.25) is 0 Å². The second-order valence-corrected chi connectivity index (χ2v) is 9.36. The molecule has 1 heterocycles. The molecule has 3 aliphatic rings. The first kappa shape index (κ1) is 20.4. The van der Waals surface area contributed by atoms with Crippen LogP contribution in [0.25, 0.3) is 0 Å². The van der Waals surface area contributed by atoms with Crippen LogP contribution in [0.5, 0.6) is 0 Å². The lowest BCUT2D eigenvalue weighted by Crippen LogP contribution is -2.14. The van der Waals surface area contributed by atoms with Crippen molar-refractivity contribution < 1.29 is 14.3 Å². The van der Waals surface area contributed by atoms with Gasteiger partial charge in [-0.3, -0.25) is 4.79 Å². The highest BCUT2D eigenvalue weighted by Gasteiger charge is 2.28. The summed E-state index contributed by atoms with van der Waals surface area (Å²) in [5, 5.41) is 11.2. The van der Waals surface area contributed by atoms with Crippen LogP contribution in [0.15, 0.2) is 21.6 Å². The van der Waals surface area contributed by atoms with Crippen molar-refractivity contribution in [3.05, 3.63) is 45.7 Å². The molecule has 0 radical (unpaired) electrons. The number of hydrogen-bond donors (Lipinski definition) is 3. The highest BCUT2D eigenvalue weighted by Crippen LogP contribution is 2.42. The topological polar surface area (TPSA) is 88.5 Å². The number of amides is 1. The fourth-order valence-electron chi connectivity index (χ4n) is 4.86. The van der Waals surface area contributed by atoms with Crippen molar-refractivity contribution in [1.29, 1.82) is 0 Å². The lowest BCUT2D eigenvalue weighted by molar-refractivity contribution is -0.115. The van der Waals surface area contributed by atoms with Crippen molar-refractivity contribution in [3.63, 3.8) is 0 Å². The first-order chi connectivity index (χ1) is 13.9. The number of nitrogens with two attached hydrogens (primary N) is 1. The monoisotopic (exact) mass is 414 g/mol. The van der Waals surface area contributed by atoms with Crippen molar-refractivity contribution in [1.82, 2.24) is 0 Å². The third-order valence-corrected chi connectivity index (χ3v) is 6.77. The molecule has 1 aromatic carbocycles. The number of furan rings is 1. The number of aliphatic hydroxyl groups is 1. The normalized spacial score (nSPS) is 21.6. The van der Waals surface area contributed by atoms with Crippen molar-refractivity contribution in [2.24, 2.45) is 11.7 Å². The summed E-state index contributed by atoms with van der Waals surface area (Å²) in [7, 11) is 0. The first-order valence-corrected chi connectivity index (χ1v) is 11.4. The van der Waals surface area contributed by atoms with E-state index in [2.05, 4.69) is 23.4 Å². The van der Waals surface area contributed by atoms with E-state index in [1.54, 1.807) is 23.1 Å². The van der Waals surface area contributed by atoms with Crippen LogP contribution < -0.4 is 10.5 Å². The van der Waals surface area contributed by atoms with Crippen LogP contribution in [0.1, 0.15) is 72.8 Å². The molecule has 3 aliphatic carbocycles. The van der Waals surface area contributed by atoms with Crippen LogP contribution in [-0.4, -0.2) is 11.0 Å². The minimum atomic E-state index is -0.373. The summed E-state index contributed by atoms with van der Waals surface area (Å²) in [4.78, 5) is 9.22. The van der Waals surface area contributed by atoms with E-state index in [1.165, 1.54) is 62.3 Å². The van der Waals surface area contributed by atoms with E-state index in [9.17, 15) is 9.90 Å². The van der Waals surface area contributed by atoms with Crippen LogP contribution >= 0.6 is 11.9 Å². The van der Waals surface area contributed by atoms with Crippen molar-refractivity contribution in [3.8, 4) is 0 Å². The largest absolute Gasteiger partial charge is 0.453 e. The molecule has 4 N–H and O–H groups in total. The average molecular weight is 415 g/mol. The quantitative estimate of drug-likeness (QED) is 0.644. The summed E-state index contributed by atoms with van der Waals surface area (Å²) in [6.07, 6.45) is 8.77. The SMILES string of the molecule is CC(N)=O.CC1Cc2oc(SNc3c4c(cc5c3CCC5)CCC4)cc2C(O)C1. The van der Waals surface area contributed by atoms with Gasteiger partial charge in [0.05, 0.1) is 11.8 Å². The lowest BCUT2D eigenvalue weighted by Gasteiger charge is -2.21. The van der Waals surface area contributed by atoms with Gasteiger partial charge < -0.3 is 20.0 Å². The van der Waals surface area contributed by atoms with Crippen LogP contribution in [0, 0.1) is 5.92 Å². The molecule has 5 nitrogen and oxygen atoms in total. The Kier molecular flexibility index (Phi) is 5.93. The number of nitrogens with one attached hydrogen (secondary N) is 1. The fraction of sp³-hybridized carbons (Fsp3) is 0.522. The number of carbonyl (C=O) groups excluding carboxylic acids is 1. The Morgan fingerprint density at radius 2 is 1.79 bits per heavy atom. The number of primary amides is 1. The third kappa shape index (κ3) is 4.33. The summed E-state index contributed by atoms with van der Waals surface area (Å²) >= 11 is 1.57. The first-order valence-electron chi connectivity index (χ1n) is 10.6. The van der Waals surface area contributed by atoms with Gasteiger partial charge in [-0.2, -0.15) is 0 Å². The molecular formula is C23H30N2O3S. The molecule has 0 bridgehead atoms. The maximum absolute atomic E-state index is 10.3. The van der Waals surface area contributed by atoms with E-state index in [-0.39, 0.29) is 12.0 Å². The van der Waals surface area contributed by atoms with Crippen molar-refractivity contribution in [2.45, 2.75) is 76.4 Å². The van der Waals surface area contributed by atoms with Gasteiger partial charge in [0.25, 0.3) is 0 Å². The molecule has 0 saturated carbocycles. The van der Waals surface area contributed by atoms with Crippen LogP contribution in [0.3, 0.4) is 0 Å². The molecule has 29 heavy (non-hydrogen) atoms. The van der Waals surface area contributed by atoms with Gasteiger partial charge in [0.2, 0.25) is 5.91 Å². The summed E-state index contributed by atoms with van der Waals surface area (Å²) in [5.41, 5.74) is 13.0. The molecular weight excluding hydrogens is 384 g/mol. The smallest absolute Gasteiger partial charge is 0.214 e. The van der Waals surface area contributed by atoms with Crippen LogP contribution in [0.4, 0.5) is 5.69 Å². The zero-order valence-electron chi connectivity index (χ0n) is 17.2. The maximum Gasteiger partial charge on any atom is 0.214 e. The van der Waals surface area contributed by atoms with Crippen molar-refractivity contribution in [2.75, 3.05) is 4.72 Å². The van der Waals surface area contributed by atoms with Gasteiger partial charge in [0.1, 0.15) is 5.76 Å². The summed E-state index contributed by atoms with van der Waals surface area (Å²) in [6, 6.07) is 4.50. The summed E-state index contributed by atoms with van der Waals surface area (Å²) in [5.74, 6) is 1.12. The Bertz CT molecular complexity index is 885. The molecule has 2 aromatic rings. The van der Waals surface area contributed by atoms with Crippen molar-refractivity contribution >= 4 is 23.5 Å². The zero-order chi connectivity index (χ0) is 20.5. The summed E-state index contributed by atoms with van der Waals surface area (Å²) < 4.78 is 9.69. The highest BCUT2D eigenvalue weighted by molar-refractivity contribution is 8.00. The number of fused-ring (bicyclic) bond motifs is 3. The molecule has 0 saturated heterocycles. The minimum Gasteiger partial charge on any atom is -0.453 e. The van der Waals surface area contributed by atoms with Gasteiger partial charge in [-0.05, 0) is 79.2 Å². The molecule has 1 amide bonds. The number of hydrogen-bond acceptors (Lipinski definition) is 5. The predicted molar refractivity (Wildman–Crippen MR) is 116 cm³/mol.